The van der Waals surface area contributed by atoms with Crippen molar-refractivity contribution in [1.82, 2.24) is 4.31 Å². The number of carbonyl (C=O) groups excluding carboxylic acids is 1. The minimum Gasteiger partial charge on any atom is -0.379 e. The van der Waals surface area contributed by atoms with Crippen molar-refractivity contribution < 1.29 is 17.9 Å². The van der Waals surface area contributed by atoms with Crippen molar-refractivity contribution in [3.8, 4) is 0 Å². The second-order valence-electron chi connectivity index (χ2n) is 6.95. The van der Waals surface area contributed by atoms with E-state index in [4.69, 9.17) is 4.74 Å². The van der Waals surface area contributed by atoms with Crippen LogP contribution in [0.25, 0.3) is 0 Å². The highest BCUT2D eigenvalue weighted by Crippen LogP contribution is 2.20. The number of hydrogen-bond acceptors (Lipinski definition) is 5. The molecular weight excluding hydrogens is 390 g/mol. The van der Waals surface area contributed by atoms with Crippen LogP contribution in [0.1, 0.15) is 19.4 Å². The van der Waals surface area contributed by atoms with Crippen molar-refractivity contribution >= 4 is 27.3 Å². The lowest BCUT2D eigenvalue weighted by atomic mass is 10.1. The van der Waals surface area contributed by atoms with Gasteiger partial charge in [-0.25, -0.2) is 8.42 Å². The Balaban J connectivity index is 1.61. The van der Waals surface area contributed by atoms with Crippen molar-refractivity contribution in [3.63, 3.8) is 0 Å². The first-order valence-corrected chi connectivity index (χ1v) is 11.2. The molecule has 7 nitrogen and oxygen atoms in total. The van der Waals surface area contributed by atoms with E-state index in [1.54, 1.807) is 19.1 Å². The molecule has 0 aliphatic carbocycles. The molecule has 2 aromatic rings. The second-order valence-corrected chi connectivity index (χ2v) is 8.89. The molecule has 0 spiro atoms. The molecule has 0 unspecified atom stereocenters. The predicted molar refractivity (Wildman–Crippen MR) is 114 cm³/mol. The van der Waals surface area contributed by atoms with Crippen LogP contribution in [0.15, 0.2) is 53.4 Å². The first-order chi connectivity index (χ1) is 13.9. The van der Waals surface area contributed by atoms with Gasteiger partial charge in [0.05, 0.1) is 18.1 Å². The normalized spacial score (nSPS) is 16.2. The van der Waals surface area contributed by atoms with Crippen LogP contribution in [0, 0.1) is 0 Å². The summed E-state index contributed by atoms with van der Waals surface area (Å²) in [7, 11) is -3.54. The fourth-order valence-electron chi connectivity index (χ4n) is 3.09. The van der Waals surface area contributed by atoms with Gasteiger partial charge in [0.25, 0.3) is 0 Å². The fourth-order valence-corrected chi connectivity index (χ4v) is 4.50. The number of rotatable bonds is 7. The number of sulfonamides is 1. The zero-order valence-corrected chi connectivity index (χ0v) is 17.5. The van der Waals surface area contributed by atoms with Crippen LogP contribution < -0.4 is 10.6 Å². The lowest BCUT2D eigenvalue weighted by molar-refractivity contribution is -0.116. The van der Waals surface area contributed by atoms with E-state index in [-0.39, 0.29) is 10.8 Å². The van der Waals surface area contributed by atoms with Crippen molar-refractivity contribution in [1.29, 1.82) is 0 Å². The number of morpholine rings is 1. The minimum atomic E-state index is -3.54. The number of ether oxygens (including phenoxy) is 1. The highest BCUT2D eigenvalue weighted by molar-refractivity contribution is 7.89. The fraction of sp³-hybridized carbons (Fsp3) is 0.381. The smallest absolute Gasteiger partial charge is 0.246 e. The molecule has 29 heavy (non-hydrogen) atoms. The zero-order valence-electron chi connectivity index (χ0n) is 16.7. The number of benzene rings is 2. The van der Waals surface area contributed by atoms with Crippen LogP contribution in [-0.2, 0) is 26.0 Å². The summed E-state index contributed by atoms with van der Waals surface area (Å²) in [6, 6.07) is 13.8. The number of nitrogens with one attached hydrogen (secondary N) is 2. The molecule has 3 rings (SSSR count). The highest BCUT2D eigenvalue weighted by Gasteiger charge is 2.26. The molecule has 1 aliphatic rings. The van der Waals surface area contributed by atoms with Crippen LogP contribution in [0.4, 0.5) is 11.4 Å². The van der Waals surface area contributed by atoms with Gasteiger partial charge in [0.15, 0.2) is 0 Å². The van der Waals surface area contributed by atoms with E-state index in [0.717, 1.165) is 12.1 Å². The maximum absolute atomic E-state index is 12.7. The van der Waals surface area contributed by atoms with E-state index >= 15 is 0 Å². The van der Waals surface area contributed by atoms with Gasteiger partial charge in [-0.2, -0.15) is 4.31 Å². The Kier molecular flexibility index (Phi) is 6.89. The molecule has 8 heteroatoms. The molecule has 156 valence electrons. The summed E-state index contributed by atoms with van der Waals surface area (Å²) in [5, 5.41) is 6.01. The Labute approximate surface area is 172 Å². The summed E-state index contributed by atoms with van der Waals surface area (Å²) in [5.74, 6) is -0.198. The summed E-state index contributed by atoms with van der Waals surface area (Å²) in [6.45, 7) is 5.37. The highest BCUT2D eigenvalue weighted by atomic mass is 32.2. The van der Waals surface area contributed by atoms with E-state index in [1.165, 1.54) is 22.0 Å². The number of carbonyl (C=O) groups is 1. The van der Waals surface area contributed by atoms with E-state index in [9.17, 15) is 13.2 Å². The molecule has 1 amide bonds. The molecule has 0 radical (unpaired) electrons. The second kappa shape index (κ2) is 9.39. The molecule has 2 aromatic carbocycles. The molecule has 2 N–H and O–H groups in total. The minimum absolute atomic E-state index is 0.198. The predicted octanol–water partition coefficient (Wildman–Crippen LogP) is 2.71. The molecule has 0 saturated carbocycles. The summed E-state index contributed by atoms with van der Waals surface area (Å²) in [4.78, 5) is 12.7. The van der Waals surface area contributed by atoms with Crippen LogP contribution in [-0.4, -0.2) is 51.0 Å². The largest absolute Gasteiger partial charge is 0.379 e. The van der Waals surface area contributed by atoms with Gasteiger partial charge in [0.2, 0.25) is 15.9 Å². The van der Waals surface area contributed by atoms with Gasteiger partial charge in [-0.15, -0.1) is 0 Å². The number of aryl methyl sites for hydroxylation is 1. The molecule has 1 saturated heterocycles. The third kappa shape index (κ3) is 5.35. The topological polar surface area (TPSA) is 87.7 Å². The number of hydrogen-bond donors (Lipinski definition) is 2. The maximum atomic E-state index is 12.7. The molecule has 1 aliphatic heterocycles. The lowest BCUT2D eigenvalue weighted by Gasteiger charge is -2.26. The molecule has 1 atom stereocenters. The zero-order chi connectivity index (χ0) is 20.9. The Hall–Kier alpha value is -2.42. The SMILES string of the molecule is CCc1cccc(N[C@@H](C)C(=O)Nc2ccc(S(=O)(=O)N3CCOCC3)cc2)c1. The number of amides is 1. The number of nitrogens with zero attached hydrogens (tertiary/aromatic N) is 1. The maximum Gasteiger partial charge on any atom is 0.246 e. The summed E-state index contributed by atoms with van der Waals surface area (Å²) in [5.41, 5.74) is 2.63. The Bertz CT molecular complexity index is 939. The Morgan fingerprint density at radius 3 is 2.45 bits per heavy atom. The summed E-state index contributed by atoms with van der Waals surface area (Å²) >= 11 is 0. The van der Waals surface area contributed by atoms with Crippen molar-refractivity contribution in [2.75, 3.05) is 36.9 Å². The van der Waals surface area contributed by atoms with Gasteiger partial charge in [-0.1, -0.05) is 19.1 Å². The van der Waals surface area contributed by atoms with Gasteiger partial charge < -0.3 is 15.4 Å². The van der Waals surface area contributed by atoms with Crippen molar-refractivity contribution in [3.05, 3.63) is 54.1 Å². The standard InChI is InChI=1S/C21H27N3O4S/c1-3-17-5-4-6-19(15-17)22-16(2)21(25)23-18-7-9-20(10-8-18)29(26,27)24-11-13-28-14-12-24/h4-10,15-16,22H,3,11-14H2,1-2H3,(H,23,25)/t16-/m0/s1. The monoisotopic (exact) mass is 417 g/mol. The Morgan fingerprint density at radius 2 is 1.79 bits per heavy atom. The van der Waals surface area contributed by atoms with Gasteiger partial charge >= 0.3 is 0 Å². The van der Waals surface area contributed by atoms with E-state index in [2.05, 4.69) is 17.6 Å². The quantitative estimate of drug-likeness (QED) is 0.723. The summed E-state index contributed by atoms with van der Waals surface area (Å²) < 4.78 is 31.9. The van der Waals surface area contributed by atoms with Crippen LogP contribution >= 0.6 is 0 Å². The molecule has 0 aromatic heterocycles. The lowest BCUT2D eigenvalue weighted by Crippen LogP contribution is -2.40. The molecule has 1 fully saturated rings. The molecule has 1 heterocycles. The van der Waals surface area contributed by atoms with Gasteiger partial charge in [0, 0.05) is 24.5 Å². The number of anilines is 2. The first kappa shape index (κ1) is 21.3. The van der Waals surface area contributed by atoms with Crippen LogP contribution in [0.3, 0.4) is 0 Å². The first-order valence-electron chi connectivity index (χ1n) is 9.74. The van der Waals surface area contributed by atoms with Crippen molar-refractivity contribution in [2.24, 2.45) is 0 Å². The third-order valence-corrected chi connectivity index (χ3v) is 6.75. The molecular formula is C21H27N3O4S. The third-order valence-electron chi connectivity index (χ3n) is 4.84. The van der Waals surface area contributed by atoms with Gasteiger partial charge in [-0.3, -0.25) is 4.79 Å². The van der Waals surface area contributed by atoms with Crippen molar-refractivity contribution in [2.45, 2.75) is 31.2 Å². The van der Waals surface area contributed by atoms with Gasteiger partial charge in [0.1, 0.15) is 6.04 Å². The van der Waals surface area contributed by atoms with E-state index in [1.807, 2.05) is 24.3 Å². The average Bonchev–Trinajstić information content (AvgIpc) is 2.75. The van der Waals surface area contributed by atoms with E-state index < -0.39 is 16.1 Å². The van der Waals surface area contributed by atoms with Crippen LogP contribution in [0.2, 0.25) is 0 Å². The van der Waals surface area contributed by atoms with E-state index in [0.29, 0.717) is 32.0 Å². The van der Waals surface area contributed by atoms with Gasteiger partial charge in [-0.05, 0) is 55.3 Å². The Morgan fingerprint density at radius 1 is 1.10 bits per heavy atom. The average molecular weight is 418 g/mol. The molecule has 0 bridgehead atoms. The summed E-state index contributed by atoms with van der Waals surface area (Å²) in [6.07, 6.45) is 0.926. The van der Waals surface area contributed by atoms with Crippen LogP contribution in [0.5, 0.6) is 0 Å².